The van der Waals surface area contributed by atoms with Crippen molar-refractivity contribution in [1.29, 1.82) is 0 Å². The highest BCUT2D eigenvalue weighted by molar-refractivity contribution is 7.99. The third-order valence-electron chi connectivity index (χ3n) is 10.2. The van der Waals surface area contributed by atoms with Gasteiger partial charge in [0.25, 0.3) is 0 Å². The van der Waals surface area contributed by atoms with Crippen LogP contribution in [0.4, 0.5) is 0 Å². The molecule has 0 fully saturated rings. The first-order valence-corrected chi connectivity index (χ1v) is 15.3. The van der Waals surface area contributed by atoms with Crippen LogP contribution in [0.2, 0.25) is 0 Å². The molecule has 1 heteroatoms. The Kier molecular flexibility index (Phi) is 4.73. The van der Waals surface area contributed by atoms with Gasteiger partial charge in [-0.05, 0) is 79.4 Å². The molecule has 0 radical (unpaired) electrons. The molecule has 1 aliphatic heterocycles. The van der Waals surface area contributed by atoms with Gasteiger partial charge >= 0.3 is 0 Å². The van der Waals surface area contributed by atoms with Crippen LogP contribution < -0.4 is 0 Å². The highest BCUT2D eigenvalue weighted by Gasteiger charge is 2.42. The minimum atomic E-state index is -0.0520. The molecular weight excluding hydrogens is 500 g/mol. The quantitative estimate of drug-likeness (QED) is 0.206. The van der Waals surface area contributed by atoms with E-state index in [-0.39, 0.29) is 16.2 Å². The van der Waals surface area contributed by atoms with Crippen molar-refractivity contribution in [3.8, 4) is 33.4 Å². The minimum absolute atomic E-state index is 0.00749. The zero-order chi connectivity index (χ0) is 27.6. The summed E-state index contributed by atoms with van der Waals surface area (Å²) in [7, 11) is 0. The number of hydrogen-bond donors (Lipinski definition) is 0. The van der Waals surface area contributed by atoms with Gasteiger partial charge in [0.15, 0.2) is 0 Å². The highest BCUT2D eigenvalue weighted by atomic mass is 32.2. The van der Waals surface area contributed by atoms with Crippen LogP contribution in [-0.2, 0) is 16.2 Å². The smallest absolute Gasteiger partial charge is 0.0245 e. The van der Waals surface area contributed by atoms with E-state index in [4.69, 9.17) is 0 Å². The Hall–Kier alpha value is -3.55. The molecule has 0 spiro atoms. The van der Waals surface area contributed by atoms with Gasteiger partial charge in [-0.25, -0.2) is 0 Å². The van der Waals surface area contributed by atoms with Crippen LogP contribution in [0.25, 0.3) is 33.4 Å². The Balaban J connectivity index is 1.28. The van der Waals surface area contributed by atoms with Gasteiger partial charge in [-0.1, -0.05) is 132 Å². The predicted molar refractivity (Wildman–Crippen MR) is 170 cm³/mol. The summed E-state index contributed by atoms with van der Waals surface area (Å²) in [6.07, 6.45) is 0. The van der Waals surface area contributed by atoms with Gasteiger partial charge < -0.3 is 0 Å². The predicted octanol–water partition coefficient (Wildman–Crippen LogP) is 10.8. The third kappa shape index (κ3) is 2.99. The lowest BCUT2D eigenvalue weighted by atomic mass is 9.75. The van der Waals surface area contributed by atoms with Crippen LogP contribution >= 0.6 is 11.8 Å². The molecule has 3 aliphatic rings. The summed E-state index contributed by atoms with van der Waals surface area (Å²) in [6.45, 7) is 14.3. The molecule has 0 N–H and O–H groups in total. The van der Waals surface area contributed by atoms with Gasteiger partial charge in [-0.2, -0.15) is 0 Å². The molecule has 196 valence electrons. The molecule has 2 aliphatic carbocycles. The van der Waals surface area contributed by atoms with Crippen molar-refractivity contribution < 1.29 is 0 Å². The van der Waals surface area contributed by atoms with Crippen molar-refractivity contribution in [3.05, 3.63) is 130 Å². The van der Waals surface area contributed by atoms with Gasteiger partial charge in [0.1, 0.15) is 0 Å². The van der Waals surface area contributed by atoms with Crippen molar-refractivity contribution in [1.82, 2.24) is 0 Å². The average Bonchev–Trinajstić information content (AvgIpc) is 3.32. The van der Waals surface area contributed by atoms with E-state index in [1.165, 1.54) is 76.6 Å². The first-order valence-electron chi connectivity index (χ1n) is 14.4. The zero-order valence-electron chi connectivity index (χ0n) is 24.1. The maximum absolute atomic E-state index is 2.48. The first-order chi connectivity index (χ1) is 19.1. The summed E-state index contributed by atoms with van der Waals surface area (Å²) in [5, 5.41) is 0. The normalized spacial score (nSPS) is 17.8. The van der Waals surface area contributed by atoms with Crippen LogP contribution in [0.5, 0.6) is 0 Å². The number of benzene rings is 5. The fraction of sp³-hybridized carbons (Fsp3) is 0.231. The van der Waals surface area contributed by atoms with E-state index in [1.807, 2.05) is 11.8 Å². The fourth-order valence-electron chi connectivity index (χ4n) is 7.78. The molecule has 0 saturated carbocycles. The second-order valence-corrected chi connectivity index (χ2v) is 14.5. The Bertz CT molecular complexity index is 1900. The Morgan fingerprint density at radius 1 is 0.425 bits per heavy atom. The summed E-state index contributed by atoms with van der Waals surface area (Å²) in [5.74, 6) is 0. The van der Waals surface area contributed by atoms with Gasteiger partial charge in [-0.3, -0.25) is 0 Å². The number of rotatable bonds is 1. The first kappa shape index (κ1) is 24.3. The third-order valence-corrected chi connectivity index (χ3v) is 11.4. The Morgan fingerprint density at radius 3 is 1.70 bits per heavy atom. The Labute approximate surface area is 242 Å². The van der Waals surface area contributed by atoms with E-state index in [0.717, 1.165) is 0 Å². The van der Waals surface area contributed by atoms with E-state index in [1.54, 1.807) is 0 Å². The van der Waals surface area contributed by atoms with Crippen molar-refractivity contribution in [2.45, 2.75) is 67.6 Å². The Morgan fingerprint density at radius 2 is 0.950 bits per heavy atom. The van der Waals surface area contributed by atoms with E-state index >= 15 is 0 Å². The van der Waals surface area contributed by atoms with Gasteiger partial charge in [0, 0.05) is 31.6 Å². The zero-order valence-corrected chi connectivity index (χ0v) is 25.0. The van der Waals surface area contributed by atoms with Crippen LogP contribution in [-0.4, -0.2) is 0 Å². The van der Waals surface area contributed by atoms with E-state index in [0.29, 0.717) is 0 Å². The lowest BCUT2D eigenvalue weighted by Gasteiger charge is -2.36. The molecule has 8 rings (SSSR count). The SMILES string of the molecule is CC1(C)c2ccccc2-c2ccc(-c3ccc4c(c3)C(C)(C)c3ccc5c(c3-4)Sc3ccccc3C5(C)C)cc21. The molecule has 0 nitrogen and oxygen atoms in total. The maximum Gasteiger partial charge on any atom is 0.0245 e. The molecule has 0 atom stereocenters. The van der Waals surface area contributed by atoms with Gasteiger partial charge in [0.2, 0.25) is 0 Å². The molecule has 0 saturated heterocycles. The number of hydrogen-bond acceptors (Lipinski definition) is 1. The molecule has 0 bridgehead atoms. The standard InChI is InChI=1S/C39H34S/c1-37(2)28-12-8-7-11-25(28)26-17-15-23(21-32(26)37)24-16-18-27-33(22-24)39(5,6)30-19-20-31-36(35(27)30)40-34-14-10-9-13-29(34)38(31,3)4/h7-22H,1-6H3. The van der Waals surface area contributed by atoms with Crippen LogP contribution in [0.15, 0.2) is 107 Å². The van der Waals surface area contributed by atoms with Crippen molar-refractivity contribution in [2.75, 3.05) is 0 Å². The molecule has 0 aromatic heterocycles. The molecule has 5 aromatic rings. The van der Waals surface area contributed by atoms with E-state index in [9.17, 15) is 0 Å². The molecule has 1 heterocycles. The van der Waals surface area contributed by atoms with Crippen molar-refractivity contribution >= 4 is 11.8 Å². The summed E-state index contributed by atoms with van der Waals surface area (Å²) in [5.41, 5.74) is 16.8. The fourth-order valence-corrected chi connectivity index (χ4v) is 9.34. The maximum atomic E-state index is 2.48. The second kappa shape index (κ2) is 7.80. The summed E-state index contributed by atoms with van der Waals surface area (Å²) in [4.78, 5) is 2.83. The van der Waals surface area contributed by atoms with E-state index in [2.05, 4.69) is 139 Å². The van der Waals surface area contributed by atoms with Crippen molar-refractivity contribution in [3.63, 3.8) is 0 Å². The van der Waals surface area contributed by atoms with Gasteiger partial charge in [0.05, 0.1) is 0 Å². The monoisotopic (exact) mass is 534 g/mol. The van der Waals surface area contributed by atoms with Crippen LogP contribution in [0, 0.1) is 0 Å². The molecular formula is C39H34S. The lowest BCUT2D eigenvalue weighted by molar-refractivity contribution is 0.604. The van der Waals surface area contributed by atoms with Crippen LogP contribution in [0.3, 0.4) is 0 Å². The largest absolute Gasteiger partial charge is 0.0888 e. The average molecular weight is 535 g/mol. The van der Waals surface area contributed by atoms with E-state index < -0.39 is 0 Å². The lowest BCUT2D eigenvalue weighted by Crippen LogP contribution is -2.24. The minimum Gasteiger partial charge on any atom is -0.0888 e. The molecule has 0 amide bonds. The number of fused-ring (bicyclic) bond motifs is 9. The van der Waals surface area contributed by atoms with Gasteiger partial charge in [-0.15, -0.1) is 0 Å². The van der Waals surface area contributed by atoms with Crippen molar-refractivity contribution in [2.24, 2.45) is 0 Å². The molecule has 5 aromatic carbocycles. The summed E-state index contributed by atoms with van der Waals surface area (Å²) < 4.78 is 0. The topological polar surface area (TPSA) is 0 Å². The summed E-state index contributed by atoms with van der Waals surface area (Å²) in [6, 6.07) is 37.0. The molecule has 0 unspecified atom stereocenters. The second-order valence-electron chi connectivity index (χ2n) is 13.4. The summed E-state index contributed by atoms with van der Waals surface area (Å²) >= 11 is 1.96. The highest BCUT2D eigenvalue weighted by Crippen LogP contribution is 2.59. The van der Waals surface area contributed by atoms with Crippen LogP contribution in [0.1, 0.15) is 74.9 Å². The molecule has 40 heavy (non-hydrogen) atoms.